The van der Waals surface area contributed by atoms with Crippen molar-refractivity contribution < 1.29 is 32.6 Å². The molecule has 0 aliphatic carbocycles. The van der Waals surface area contributed by atoms with E-state index in [-0.39, 0.29) is 17.1 Å². The monoisotopic (exact) mass is 405 g/mol. The molecule has 0 spiro atoms. The molecule has 152 valence electrons. The summed E-state index contributed by atoms with van der Waals surface area (Å²) in [4.78, 5) is 35.0. The first-order chi connectivity index (χ1) is 13.8. The Labute approximate surface area is 164 Å². The van der Waals surface area contributed by atoms with Crippen LogP contribution in [-0.2, 0) is 19.1 Å². The summed E-state index contributed by atoms with van der Waals surface area (Å²) in [5.41, 5.74) is -0.0226. The number of carbonyl (C=O) groups excluding carboxylic acids is 3. The van der Waals surface area contributed by atoms with Crippen molar-refractivity contribution >= 4 is 35.0 Å². The van der Waals surface area contributed by atoms with E-state index >= 15 is 0 Å². The number of urea groups is 1. The minimum Gasteiger partial charge on any atom is -0.466 e. The molecule has 8 nitrogen and oxygen atoms in total. The Morgan fingerprint density at radius 3 is 2.07 bits per heavy atom. The largest absolute Gasteiger partial charge is 0.466 e. The number of esters is 2. The number of benzene rings is 2. The van der Waals surface area contributed by atoms with Crippen molar-refractivity contribution in [3.8, 4) is 0 Å². The van der Waals surface area contributed by atoms with Gasteiger partial charge in [0.15, 0.2) is 0 Å². The number of amides is 2. The first-order valence-corrected chi connectivity index (χ1v) is 8.10. The SMILES string of the molecule is COC(=O)/C=C(/Nc1ccc(NC(=O)Nc2ccc(F)cc2)cc1F)C(=O)OC. The topological polar surface area (TPSA) is 106 Å². The lowest BCUT2D eigenvalue weighted by molar-refractivity contribution is -0.138. The highest BCUT2D eigenvalue weighted by Gasteiger charge is 2.15. The van der Waals surface area contributed by atoms with Crippen LogP contribution < -0.4 is 16.0 Å². The molecule has 3 N–H and O–H groups in total. The van der Waals surface area contributed by atoms with E-state index in [1.54, 1.807) is 0 Å². The number of nitrogens with one attached hydrogen (secondary N) is 3. The smallest absolute Gasteiger partial charge is 0.354 e. The summed E-state index contributed by atoms with van der Waals surface area (Å²) < 4.78 is 36.2. The number of hydrogen-bond donors (Lipinski definition) is 3. The van der Waals surface area contributed by atoms with Crippen molar-refractivity contribution in [3.05, 3.63) is 65.9 Å². The van der Waals surface area contributed by atoms with E-state index in [2.05, 4.69) is 25.4 Å². The molecular weight excluding hydrogens is 388 g/mol. The predicted octanol–water partition coefficient (Wildman–Crippen LogP) is 3.25. The van der Waals surface area contributed by atoms with Crippen LogP contribution in [0, 0.1) is 11.6 Å². The van der Waals surface area contributed by atoms with E-state index in [0.29, 0.717) is 5.69 Å². The van der Waals surface area contributed by atoms with Crippen LogP contribution in [0.25, 0.3) is 0 Å². The van der Waals surface area contributed by atoms with Gasteiger partial charge in [-0.05, 0) is 42.5 Å². The average Bonchev–Trinajstić information content (AvgIpc) is 2.70. The van der Waals surface area contributed by atoms with Crippen molar-refractivity contribution in [1.29, 1.82) is 0 Å². The van der Waals surface area contributed by atoms with Crippen molar-refractivity contribution in [2.75, 3.05) is 30.2 Å². The Balaban J connectivity index is 2.09. The normalized spacial score (nSPS) is 10.7. The van der Waals surface area contributed by atoms with E-state index in [0.717, 1.165) is 26.4 Å². The lowest BCUT2D eigenvalue weighted by atomic mass is 10.2. The molecule has 0 saturated carbocycles. The number of methoxy groups -OCH3 is 2. The minimum absolute atomic E-state index is 0.115. The number of carbonyl (C=O) groups is 3. The molecule has 29 heavy (non-hydrogen) atoms. The summed E-state index contributed by atoms with van der Waals surface area (Å²) in [6.45, 7) is 0. The maximum Gasteiger partial charge on any atom is 0.354 e. The van der Waals surface area contributed by atoms with E-state index in [9.17, 15) is 23.2 Å². The highest BCUT2D eigenvalue weighted by Crippen LogP contribution is 2.21. The molecule has 2 rings (SSSR count). The van der Waals surface area contributed by atoms with Crippen LogP contribution >= 0.6 is 0 Å². The van der Waals surface area contributed by atoms with Crippen LogP contribution in [-0.4, -0.2) is 32.2 Å². The summed E-state index contributed by atoms with van der Waals surface area (Å²) in [5.74, 6) is -3.01. The lowest BCUT2D eigenvalue weighted by Gasteiger charge is -2.12. The highest BCUT2D eigenvalue weighted by molar-refractivity contribution is 6.00. The number of hydrogen-bond acceptors (Lipinski definition) is 6. The molecule has 0 bridgehead atoms. The molecular formula is C19H17F2N3O5. The van der Waals surface area contributed by atoms with Crippen LogP contribution in [0.2, 0.25) is 0 Å². The van der Waals surface area contributed by atoms with Gasteiger partial charge in [0.05, 0.1) is 26.0 Å². The van der Waals surface area contributed by atoms with Gasteiger partial charge in [-0.3, -0.25) is 0 Å². The molecule has 2 aromatic rings. The van der Waals surface area contributed by atoms with E-state index < -0.39 is 29.6 Å². The van der Waals surface area contributed by atoms with Gasteiger partial charge in [-0.2, -0.15) is 0 Å². The van der Waals surface area contributed by atoms with Gasteiger partial charge in [0.25, 0.3) is 0 Å². The van der Waals surface area contributed by atoms with Crippen LogP contribution in [0.1, 0.15) is 0 Å². The first kappa shape index (κ1) is 21.4. The fraction of sp³-hybridized carbons (Fsp3) is 0.105. The van der Waals surface area contributed by atoms with E-state index in [1.807, 2.05) is 0 Å². The molecule has 0 aromatic heterocycles. The highest BCUT2D eigenvalue weighted by atomic mass is 19.1. The van der Waals surface area contributed by atoms with E-state index in [4.69, 9.17) is 0 Å². The van der Waals surface area contributed by atoms with Crippen molar-refractivity contribution in [2.45, 2.75) is 0 Å². The third kappa shape index (κ3) is 6.31. The molecule has 0 unspecified atom stereocenters. The molecule has 0 heterocycles. The lowest BCUT2D eigenvalue weighted by Crippen LogP contribution is -2.19. The molecule has 0 saturated heterocycles. The Morgan fingerprint density at radius 1 is 0.862 bits per heavy atom. The second-order valence-electron chi connectivity index (χ2n) is 5.48. The predicted molar refractivity (Wildman–Crippen MR) is 101 cm³/mol. The molecule has 2 amide bonds. The number of halogens is 2. The fourth-order valence-corrected chi connectivity index (χ4v) is 2.10. The van der Waals surface area contributed by atoms with Gasteiger partial charge in [0.1, 0.15) is 17.3 Å². The van der Waals surface area contributed by atoms with Gasteiger partial charge in [-0.1, -0.05) is 0 Å². The maximum absolute atomic E-state index is 14.3. The molecule has 0 atom stereocenters. The summed E-state index contributed by atoms with van der Waals surface area (Å²) in [6.07, 6.45) is 0.813. The molecule has 0 aliphatic heterocycles. The zero-order valence-corrected chi connectivity index (χ0v) is 15.4. The third-order valence-corrected chi connectivity index (χ3v) is 3.47. The zero-order valence-electron chi connectivity index (χ0n) is 15.4. The standard InChI is InChI=1S/C19H17F2N3O5/c1-28-17(25)10-16(18(26)29-2)24-15-8-7-13(9-14(15)21)23-19(27)22-12-5-3-11(20)4-6-12/h3-10,24H,1-2H3,(H2,22,23,27)/b16-10+. The Hall–Kier alpha value is -3.95. The molecule has 10 heteroatoms. The van der Waals surface area contributed by atoms with Crippen molar-refractivity contribution in [3.63, 3.8) is 0 Å². The van der Waals surface area contributed by atoms with Gasteiger partial charge >= 0.3 is 18.0 Å². The van der Waals surface area contributed by atoms with Crippen LogP contribution in [0.15, 0.2) is 54.2 Å². The maximum atomic E-state index is 14.3. The Bertz CT molecular complexity index is 945. The summed E-state index contributed by atoms with van der Waals surface area (Å²) in [5, 5.41) is 7.30. The number of anilines is 3. The number of ether oxygens (including phenoxy) is 2. The Morgan fingerprint density at radius 2 is 1.48 bits per heavy atom. The summed E-state index contributed by atoms with van der Waals surface area (Å²) >= 11 is 0. The molecule has 2 aromatic carbocycles. The minimum atomic E-state index is -0.907. The average molecular weight is 405 g/mol. The van der Waals surface area contributed by atoms with Gasteiger partial charge in [0.2, 0.25) is 0 Å². The van der Waals surface area contributed by atoms with Gasteiger partial charge in [-0.25, -0.2) is 23.2 Å². The van der Waals surface area contributed by atoms with Gasteiger partial charge < -0.3 is 25.4 Å². The second-order valence-corrected chi connectivity index (χ2v) is 5.48. The second kappa shape index (κ2) is 9.83. The first-order valence-electron chi connectivity index (χ1n) is 8.10. The van der Waals surface area contributed by atoms with Gasteiger partial charge in [0, 0.05) is 11.4 Å². The molecule has 0 fully saturated rings. The van der Waals surface area contributed by atoms with E-state index in [1.165, 1.54) is 36.4 Å². The Kier molecular flexibility index (Phi) is 7.24. The number of rotatable bonds is 6. The zero-order chi connectivity index (χ0) is 21.4. The quantitative estimate of drug-likeness (QED) is 0.503. The fourth-order valence-electron chi connectivity index (χ4n) is 2.10. The molecule has 0 aliphatic rings. The van der Waals surface area contributed by atoms with Gasteiger partial charge in [-0.15, -0.1) is 0 Å². The van der Waals surface area contributed by atoms with Crippen LogP contribution in [0.3, 0.4) is 0 Å². The summed E-state index contributed by atoms with van der Waals surface area (Å²) in [6, 6.07) is 8.03. The third-order valence-electron chi connectivity index (χ3n) is 3.47. The van der Waals surface area contributed by atoms with Crippen molar-refractivity contribution in [1.82, 2.24) is 0 Å². The molecule has 0 radical (unpaired) electrons. The van der Waals surface area contributed by atoms with Crippen molar-refractivity contribution in [2.24, 2.45) is 0 Å². The van der Waals surface area contributed by atoms with Crippen LogP contribution in [0.5, 0.6) is 0 Å². The summed E-state index contributed by atoms with van der Waals surface area (Å²) in [7, 11) is 2.21. The van der Waals surface area contributed by atoms with Crippen LogP contribution in [0.4, 0.5) is 30.6 Å².